The molecule has 9 heteroatoms. The molecule has 3 N–H and O–H groups in total. The van der Waals surface area contributed by atoms with Crippen LogP contribution in [0.5, 0.6) is 11.5 Å². The van der Waals surface area contributed by atoms with Crippen molar-refractivity contribution in [1.29, 1.82) is 0 Å². The van der Waals surface area contributed by atoms with Gasteiger partial charge in [0, 0.05) is 13.0 Å². The Hall–Kier alpha value is -2.97. The van der Waals surface area contributed by atoms with Crippen molar-refractivity contribution in [1.82, 2.24) is 16.2 Å². The third-order valence-electron chi connectivity index (χ3n) is 3.16. The van der Waals surface area contributed by atoms with Crippen LogP contribution in [-0.2, 0) is 14.3 Å². The van der Waals surface area contributed by atoms with Gasteiger partial charge in [-0.25, -0.2) is 4.79 Å². The molecule has 0 aliphatic rings. The van der Waals surface area contributed by atoms with E-state index in [0.717, 1.165) is 0 Å². The lowest BCUT2D eigenvalue weighted by atomic mass is 10.2. The second kappa shape index (κ2) is 11.0. The molecule has 0 aliphatic carbocycles. The second-order valence-corrected chi connectivity index (χ2v) is 6.88. The van der Waals surface area contributed by atoms with Gasteiger partial charge in [0.15, 0.2) is 6.10 Å². The van der Waals surface area contributed by atoms with E-state index < -0.39 is 29.6 Å². The maximum Gasteiger partial charge on any atom is 0.407 e. The predicted octanol–water partition coefficient (Wildman–Crippen LogP) is 1.91. The van der Waals surface area contributed by atoms with E-state index in [1.54, 1.807) is 52.0 Å². The number of alkyl carbamates (subject to hydrolysis) is 1. The van der Waals surface area contributed by atoms with Crippen LogP contribution in [0.2, 0.25) is 0 Å². The highest BCUT2D eigenvalue weighted by Crippen LogP contribution is 2.18. The van der Waals surface area contributed by atoms with Crippen LogP contribution in [0.15, 0.2) is 24.3 Å². The van der Waals surface area contributed by atoms with E-state index in [9.17, 15) is 14.4 Å². The average molecular weight is 395 g/mol. The van der Waals surface area contributed by atoms with Gasteiger partial charge in [0.1, 0.15) is 17.1 Å². The molecule has 0 fully saturated rings. The summed E-state index contributed by atoms with van der Waals surface area (Å²) in [6.45, 7) is 9.31. The Morgan fingerprint density at radius 2 is 1.64 bits per heavy atom. The first-order valence-corrected chi connectivity index (χ1v) is 9.05. The predicted molar refractivity (Wildman–Crippen MR) is 103 cm³/mol. The van der Waals surface area contributed by atoms with Gasteiger partial charge in [0.05, 0.1) is 6.61 Å². The van der Waals surface area contributed by atoms with E-state index in [1.165, 1.54) is 0 Å². The van der Waals surface area contributed by atoms with E-state index >= 15 is 0 Å². The fraction of sp³-hybridized carbons (Fsp3) is 0.526. The van der Waals surface area contributed by atoms with Crippen molar-refractivity contribution < 1.29 is 28.6 Å². The minimum absolute atomic E-state index is 0.0202. The molecule has 9 nitrogen and oxygen atoms in total. The van der Waals surface area contributed by atoms with Crippen molar-refractivity contribution in [2.45, 2.75) is 52.7 Å². The molecule has 1 atom stereocenters. The number of carbonyl (C=O) groups excluding carboxylic acids is 3. The zero-order valence-corrected chi connectivity index (χ0v) is 17.0. The zero-order valence-electron chi connectivity index (χ0n) is 17.0. The Labute approximate surface area is 165 Å². The highest BCUT2D eigenvalue weighted by atomic mass is 16.6. The third kappa shape index (κ3) is 9.65. The van der Waals surface area contributed by atoms with Crippen molar-refractivity contribution in [3.63, 3.8) is 0 Å². The van der Waals surface area contributed by atoms with E-state index in [0.29, 0.717) is 18.1 Å². The minimum atomic E-state index is -0.821. The maximum atomic E-state index is 12.0. The summed E-state index contributed by atoms with van der Waals surface area (Å²) in [5.41, 5.74) is 3.93. The normalized spacial score (nSPS) is 11.8. The van der Waals surface area contributed by atoms with Crippen LogP contribution in [-0.4, -0.2) is 42.8 Å². The molecule has 0 bridgehead atoms. The molecule has 28 heavy (non-hydrogen) atoms. The number of hydrogen-bond acceptors (Lipinski definition) is 6. The second-order valence-electron chi connectivity index (χ2n) is 6.88. The van der Waals surface area contributed by atoms with Crippen LogP contribution in [0.4, 0.5) is 4.79 Å². The van der Waals surface area contributed by atoms with E-state index in [1.807, 2.05) is 6.92 Å². The third-order valence-corrected chi connectivity index (χ3v) is 3.16. The average Bonchev–Trinajstić information content (AvgIpc) is 2.60. The van der Waals surface area contributed by atoms with Gasteiger partial charge < -0.3 is 19.5 Å². The Kier molecular flexibility index (Phi) is 9.07. The number of nitrogens with one attached hydrogen (secondary N) is 3. The van der Waals surface area contributed by atoms with Gasteiger partial charge >= 0.3 is 6.09 Å². The number of benzene rings is 1. The molecule has 0 aromatic heterocycles. The molecule has 0 spiro atoms. The van der Waals surface area contributed by atoms with Crippen LogP contribution in [0.3, 0.4) is 0 Å². The molecule has 0 aliphatic heterocycles. The van der Waals surface area contributed by atoms with Gasteiger partial charge in [-0.15, -0.1) is 0 Å². The molecule has 1 rings (SSSR count). The standard InChI is InChI=1S/C19H29N3O6/c1-6-26-14-7-9-15(10-8-14)27-13(2)17(24)22-21-16(23)11-12-20-18(25)28-19(3,4)5/h7-10,13H,6,11-12H2,1-5H3,(H,20,25)(H,21,23)(H,22,24)/t13-/m1/s1. The Balaban J connectivity index is 2.28. The number of hydrazine groups is 1. The van der Waals surface area contributed by atoms with Gasteiger partial charge in [-0.1, -0.05) is 0 Å². The summed E-state index contributed by atoms with van der Waals surface area (Å²) in [5, 5.41) is 2.46. The van der Waals surface area contributed by atoms with Crippen molar-refractivity contribution in [2.75, 3.05) is 13.2 Å². The molecule has 3 amide bonds. The summed E-state index contributed by atoms with van der Waals surface area (Å²) in [6.07, 6.45) is -1.45. The lowest BCUT2D eigenvalue weighted by Gasteiger charge is -2.19. The van der Waals surface area contributed by atoms with Gasteiger partial charge in [-0.2, -0.15) is 0 Å². The summed E-state index contributed by atoms with van der Waals surface area (Å²) in [6, 6.07) is 6.86. The van der Waals surface area contributed by atoms with Crippen LogP contribution in [0.1, 0.15) is 41.0 Å². The summed E-state index contributed by atoms with van der Waals surface area (Å²) in [4.78, 5) is 35.2. The number of amides is 3. The highest BCUT2D eigenvalue weighted by Gasteiger charge is 2.17. The molecule has 0 radical (unpaired) electrons. The summed E-state index contributed by atoms with van der Waals surface area (Å²) < 4.78 is 15.9. The number of carbonyl (C=O) groups is 3. The number of ether oxygens (including phenoxy) is 3. The molecule has 1 aromatic rings. The Morgan fingerprint density at radius 1 is 1.04 bits per heavy atom. The van der Waals surface area contributed by atoms with Crippen molar-refractivity contribution in [2.24, 2.45) is 0 Å². The number of hydrogen-bond donors (Lipinski definition) is 3. The maximum absolute atomic E-state index is 12.0. The lowest BCUT2D eigenvalue weighted by molar-refractivity contribution is -0.132. The fourth-order valence-corrected chi connectivity index (χ4v) is 1.93. The monoisotopic (exact) mass is 395 g/mol. The molecule has 0 saturated carbocycles. The summed E-state index contributed by atoms with van der Waals surface area (Å²) in [5.74, 6) is 0.234. The molecule has 156 valence electrons. The minimum Gasteiger partial charge on any atom is -0.494 e. The van der Waals surface area contributed by atoms with Crippen LogP contribution in [0, 0.1) is 0 Å². The fourth-order valence-electron chi connectivity index (χ4n) is 1.93. The van der Waals surface area contributed by atoms with Crippen LogP contribution < -0.4 is 25.6 Å². The Morgan fingerprint density at radius 3 is 2.21 bits per heavy atom. The van der Waals surface area contributed by atoms with E-state index in [-0.39, 0.29) is 13.0 Å². The molecule has 0 heterocycles. The van der Waals surface area contributed by atoms with Crippen molar-refractivity contribution >= 4 is 17.9 Å². The zero-order chi connectivity index (χ0) is 21.2. The summed E-state index contributed by atoms with van der Waals surface area (Å²) in [7, 11) is 0. The van der Waals surface area contributed by atoms with Gasteiger partial charge in [0.25, 0.3) is 5.91 Å². The Bertz CT molecular complexity index is 655. The van der Waals surface area contributed by atoms with E-state index in [2.05, 4.69) is 16.2 Å². The molecular weight excluding hydrogens is 366 g/mol. The van der Waals surface area contributed by atoms with Gasteiger partial charge in [-0.3, -0.25) is 20.4 Å². The highest BCUT2D eigenvalue weighted by molar-refractivity contribution is 5.84. The summed E-state index contributed by atoms with van der Waals surface area (Å²) >= 11 is 0. The largest absolute Gasteiger partial charge is 0.494 e. The SMILES string of the molecule is CCOc1ccc(O[C@H](C)C(=O)NNC(=O)CCNC(=O)OC(C)(C)C)cc1. The van der Waals surface area contributed by atoms with Crippen molar-refractivity contribution in [3.8, 4) is 11.5 Å². The van der Waals surface area contributed by atoms with Gasteiger partial charge in [-0.05, 0) is 58.9 Å². The first-order valence-electron chi connectivity index (χ1n) is 9.05. The molecule has 0 unspecified atom stereocenters. The molecule has 1 aromatic carbocycles. The smallest absolute Gasteiger partial charge is 0.407 e. The van der Waals surface area contributed by atoms with Crippen LogP contribution >= 0.6 is 0 Å². The van der Waals surface area contributed by atoms with Gasteiger partial charge in [0.2, 0.25) is 5.91 Å². The lowest BCUT2D eigenvalue weighted by Crippen LogP contribution is -2.47. The topological polar surface area (TPSA) is 115 Å². The first-order chi connectivity index (χ1) is 13.1. The number of rotatable bonds is 8. The molecule has 0 saturated heterocycles. The van der Waals surface area contributed by atoms with E-state index in [4.69, 9.17) is 14.2 Å². The first kappa shape index (κ1) is 23.1. The quantitative estimate of drug-likeness (QED) is 0.579. The van der Waals surface area contributed by atoms with Crippen molar-refractivity contribution in [3.05, 3.63) is 24.3 Å². The molecular formula is C19H29N3O6. The van der Waals surface area contributed by atoms with Crippen LogP contribution in [0.25, 0.3) is 0 Å².